The molecule has 1 N–H and O–H groups in total. The summed E-state index contributed by atoms with van der Waals surface area (Å²) >= 11 is 3.46. The molecule has 1 atom stereocenters. The third-order valence-electron chi connectivity index (χ3n) is 3.55. The summed E-state index contributed by atoms with van der Waals surface area (Å²) in [6, 6.07) is 2.69. The molecule has 1 aliphatic rings. The number of halogens is 1. The Morgan fingerprint density at radius 3 is 2.72 bits per heavy atom. The standard InChI is InChI=1S/C14H21BrN2O/c1-4-12(9(2)3)16-14(18)13-7-10(15)8-17(13)11-5-6-11/h7-9,11-12H,4-6H2,1-3H3,(H,16,18). The Bertz CT molecular complexity index is 435. The maximum atomic E-state index is 12.3. The van der Waals surface area contributed by atoms with Crippen molar-refractivity contribution in [1.29, 1.82) is 0 Å². The zero-order chi connectivity index (χ0) is 13.3. The van der Waals surface area contributed by atoms with Gasteiger partial charge in [0.1, 0.15) is 5.69 Å². The summed E-state index contributed by atoms with van der Waals surface area (Å²) in [6.07, 6.45) is 5.35. The topological polar surface area (TPSA) is 34.0 Å². The van der Waals surface area contributed by atoms with E-state index in [1.165, 1.54) is 12.8 Å². The van der Waals surface area contributed by atoms with Crippen LogP contribution in [-0.2, 0) is 0 Å². The van der Waals surface area contributed by atoms with Crippen molar-refractivity contribution in [2.45, 2.75) is 52.1 Å². The van der Waals surface area contributed by atoms with Gasteiger partial charge in [-0.25, -0.2) is 0 Å². The third-order valence-corrected chi connectivity index (χ3v) is 3.98. The van der Waals surface area contributed by atoms with E-state index in [2.05, 4.69) is 46.6 Å². The molecule has 4 heteroatoms. The Morgan fingerprint density at radius 2 is 2.22 bits per heavy atom. The molecule has 3 nitrogen and oxygen atoms in total. The molecule has 0 saturated heterocycles. The fraction of sp³-hybridized carbons (Fsp3) is 0.643. The van der Waals surface area contributed by atoms with Gasteiger partial charge < -0.3 is 9.88 Å². The second-order valence-corrected chi connectivity index (χ2v) is 6.33. The van der Waals surface area contributed by atoms with E-state index >= 15 is 0 Å². The molecule has 1 saturated carbocycles. The number of carbonyl (C=O) groups is 1. The highest BCUT2D eigenvalue weighted by molar-refractivity contribution is 9.10. The predicted octanol–water partition coefficient (Wildman–Crippen LogP) is 3.75. The van der Waals surface area contributed by atoms with Gasteiger partial charge in [-0.1, -0.05) is 20.8 Å². The van der Waals surface area contributed by atoms with Crippen LogP contribution in [0.5, 0.6) is 0 Å². The van der Waals surface area contributed by atoms with Crippen LogP contribution in [0.2, 0.25) is 0 Å². The lowest BCUT2D eigenvalue weighted by Crippen LogP contribution is -2.38. The van der Waals surface area contributed by atoms with Crippen LogP contribution in [0, 0.1) is 5.92 Å². The zero-order valence-electron chi connectivity index (χ0n) is 11.2. The largest absolute Gasteiger partial charge is 0.348 e. The molecule has 1 unspecified atom stereocenters. The van der Waals surface area contributed by atoms with Crippen molar-refractivity contribution in [1.82, 2.24) is 9.88 Å². The molecule has 1 amide bonds. The maximum Gasteiger partial charge on any atom is 0.268 e. The van der Waals surface area contributed by atoms with E-state index in [9.17, 15) is 4.79 Å². The second-order valence-electron chi connectivity index (χ2n) is 5.41. The number of aromatic nitrogens is 1. The minimum absolute atomic E-state index is 0.0492. The molecule has 0 aliphatic heterocycles. The van der Waals surface area contributed by atoms with Gasteiger partial charge in [-0.2, -0.15) is 0 Å². The average molecular weight is 313 g/mol. The van der Waals surface area contributed by atoms with E-state index < -0.39 is 0 Å². The Hall–Kier alpha value is -0.770. The summed E-state index contributed by atoms with van der Waals surface area (Å²) in [5.74, 6) is 0.514. The molecular formula is C14H21BrN2O. The lowest BCUT2D eigenvalue weighted by atomic mass is 10.0. The van der Waals surface area contributed by atoms with E-state index in [4.69, 9.17) is 0 Å². The number of amides is 1. The van der Waals surface area contributed by atoms with Crippen LogP contribution in [0.3, 0.4) is 0 Å². The summed E-state index contributed by atoms with van der Waals surface area (Å²) in [6.45, 7) is 6.40. The molecule has 0 aromatic carbocycles. The number of hydrogen-bond acceptors (Lipinski definition) is 1. The van der Waals surface area contributed by atoms with Crippen molar-refractivity contribution in [3.63, 3.8) is 0 Å². The first-order chi connectivity index (χ1) is 8.52. The lowest BCUT2D eigenvalue weighted by molar-refractivity contribution is 0.0915. The monoisotopic (exact) mass is 312 g/mol. The molecule has 2 rings (SSSR count). The highest BCUT2D eigenvalue weighted by Crippen LogP contribution is 2.37. The summed E-state index contributed by atoms with van der Waals surface area (Å²) < 4.78 is 3.09. The van der Waals surface area contributed by atoms with Crippen molar-refractivity contribution < 1.29 is 4.79 Å². The fourth-order valence-electron chi connectivity index (χ4n) is 2.26. The van der Waals surface area contributed by atoms with Crippen molar-refractivity contribution in [2.24, 2.45) is 5.92 Å². The number of nitrogens with zero attached hydrogens (tertiary/aromatic N) is 1. The predicted molar refractivity (Wildman–Crippen MR) is 76.8 cm³/mol. The highest BCUT2D eigenvalue weighted by atomic mass is 79.9. The van der Waals surface area contributed by atoms with Gasteiger partial charge in [0.2, 0.25) is 0 Å². The summed E-state index contributed by atoms with van der Waals surface area (Å²) in [4.78, 5) is 12.3. The van der Waals surface area contributed by atoms with Crippen molar-refractivity contribution in [3.8, 4) is 0 Å². The Kier molecular flexibility index (Phi) is 4.15. The van der Waals surface area contributed by atoms with E-state index in [0.29, 0.717) is 12.0 Å². The van der Waals surface area contributed by atoms with E-state index in [1.54, 1.807) is 0 Å². The van der Waals surface area contributed by atoms with Crippen LogP contribution in [0.4, 0.5) is 0 Å². The average Bonchev–Trinajstić information content (AvgIpc) is 3.08. The van der Waals surface area contributed by atoms with Crippen LogP contribution in [0.1, 0.15) is 56.6 Å². The molecule has 1 aromatic rings. The highest BCUT2D eigenvalue weighted by Gasteiger charge is 2.28. The lowest BCUT2D eigenvalue weighted by Gasteiger charge is -2.21. The van der Waals surface area contributed by atoms with Gasteiger partial charge in [0.25, 0.3) is 5.91 Å². The van der Waals surface area contributed by atoms with Crippen molar-refractivity contribution >= 4 is 21.8 Å². The number of nitrogens with one attached hydrogen (secondary N) is 1. The first kappa shape index (κ1) is 13.7. The quantitative estimate of drug-likeness (QED) is 0.882. The van der Waals surface area contributed by atoms with Crippen molar-refractivity contribution in [3.05, 3.63) is 22.4 Å². The molecule has 1 aliphatic carbocycles. The normalized spacial score (nSPS) is 16.9. The molecule has 1 aromatic heterocycles. The van der Waals surface area contributed by atoms with Gasteiger partial charge in [-0.3, -0.25) is 4.79 Å². The number of carbonyl (C=O) groups excluding carboxylic acids is 1. The third kappa shape index (κ3) is 2.97. The van der Waals surface area contributed by atoms with E-state index in [1.807, 2.05) is 12.3 Å². The molecule has 100 valence electrons. The number of hydrogen-bond donors (Lipinski definition) is 1. The second kappa shape index (κ2) is 5.47. The molecule has 18 heavy (non-hydrogen) atoms. The number of rotatable bonds is 5. The summed E-state index contributed by atoms with van der Waals surface area (Å²) in [5.41, 5.74) is 0.781. The van der Waals surface area contributed by atoms with Gasteiger partial charge in [-0.15, -0.1) is 0 Å². The van der Waals surface area contributed by atoms with Crippen LogP contribution in [0.15, 0.2) is 16.7 Å². The Morgan fingerprint density at radius 1 is 1.56 bits per heavy atom. The minimum Gasteiger partial charge on any atom is -0.348 e. The van der Waals surface area contributed by atoms with Crippen LogP contribution >= 0.6 is 15.9 Å². The minimum atomic E-state index is 0.0492. The molecule has 0 bridgehead atoms. The summed E-state index contributed by atoms with van der Waals surface area (Å²) in [5, 5.41) is 3.14. The molecule has 1 heterocycles. The smallest absolute Gasteiger partial charge is 0.268 e. The zero-order valence-corrected chi connectivity index (χ0v) is 12.8. The maximum absolute atomic E-state index is 12.3. The SMILES string of the molecule is CCC(NC(=O)c1cc(Br)cn1C1CC1)C(C)C. The van der Waals surface area contributed by atoms with Crippen molar-refractivity contribution in [2.75, 3.05) is 0 Å². The van der Waals surface area contributed by atoms with Gasteiger partial charge in [0.15, 0.2) is 0 Å². The van der Waals surface area contributed by atoms with E-state index in [-0.39, 0.29) is 11.9 Å². The summed E-state index contributed by atoms with van der Waals surface area (Å²) in [7, 11) is 0. The fourth-order valence-corrected chi connectivity index (χ4v) is 2.70. The van der Waals surface area contributed by atoms with Gasteiger partial charge in [0, 0.05) is 22.8 Å². The van der Waals surface area contributed by atoms with E-state index in [0.717, 1.165) is 16.6 Å². The molecular weight excluding hydrogens is 292 g/mol. The molecule has 0 radical (unpaired) electrons. The van der Waals surface area contributed by atoms with Gasteiger partial charge in [-0.05, 0) is 47.2 Å². The van der Waals surface area contributed by atoms with Gasteiger partial charge >= 0.3 is 0 Å². The first-order valence-corrected chi connectivity index (χ1v) is 7.50. The van der Waals surface area contributed by atoms with Crippen LogP contribution < -0.4 is 5.32 Å². The first-order valence-electron chi connectivity index (χ1n) is 6.71. The Labute approximate surface area is 117 Å². The molecule has 1 fully saturated rings. The molecule has 0 spiro atoms. The van der Waals surface area contributed by atoms with Crippen LogP contribution in [0.25, 0.3) is 0 Å². The van der Waals surface area contributed by atoms with Gasteiger partial charge in [0.05, 0.1) is 0 Å². The van der Waals surface area contributed by atoms with Crippen LogP contribution in [-0.4, -0.2) is 16.5 Å². The Balaban J connectivity index is 2.13.